The molecule has 1 heterocycles. The Hall–Kier alpha value is -3.65. The van der Waals surface area contributed by atoms with Crippen LogP contribution in [0.5, 0.6) is 0 Å². The Morgan fingerprint density at radius 1 is 0.914 bits per heavy atom. The highest BCUT2D eigenvalue weighted by molar-refractivity contribution is 7.93. The number of fused-ring (bicyclic) bond motifs is 3. The van der Waals surface area contributed by atoms with Gasteiger partial charge in [-0.2, -0.15) is 0 Å². The molecule has 0 spiro atoms. The van der Waals surface area contributed by atoms with Crippen LogP contribution in [-0.4, -0.2) is 32.3 Å². The van der Waals surface area contributed by atoms with Gasteiger partial charge in [-0.1, -0.05) is 43.3 Å². The summed E-state index contributed by atoms with van der Waals surface area (Å²) in [6, 6.07) is 19.1. The fourth-order valence-corrected chi connectivity index (χ4v) is 5.74. The van der Waals surface area contributed by atoms with Gasteiger partial charge in [-0.25, -0.2) is 8.42 Å². The summed E-state index contributed by atoms with van der Waals surface area (Å²) in [5.41, 5.74) is 3.08. The number of anilines is 2. The number of hydrogen-bond donors (Lipinski definition) is 2. The Balaban J connectivity index is 1.67. The van der Waals surface area contributed by atoms with Crippen LogP contribution in [-0.2, 0) is 21.2 Å². The third kappa shape index (κ3) is 4.93. The molecular formula is C27H29N3O4S. The van der Waals surface area contributed by atoms with Crippen molar-refractivity contribution in [2.45, 2.75) is 44.6 Å². The average molecular weight is 492 g/mol. The van der Waals surface area contributed by atoms with Gasteiger partial charge in [0, 0.05) is 16.7 Å². The predicted molar refractivity (Wildman–Crippen MR) is 138 cm³/mol. The molecule has 0 saturated heterocycles. The van der Waals surface area contributed by atoms with Gasteiger partial charge < -0.3 is 10.6 Å². The second kappa shape index (κ2) is 9.19. The van der Waals surface area contributed by atoms with Gasteiger partial charge in [0.15, 0.2) is 0 Å². The zero-order valence-electron chi connectivity index (χ0n) is 20.3. The maximum Gasteiger partial charge on any atom is 0.265 e. The molecule has 0 fully saturated rings. The summed E-state index contributed by atoms with van der Waals surface area (Å²) in [5.74, 6) is -0.875. The molecule has 2 N–H and O–H groups in total. The number of sulfonamides is 1. The van der Waals surface area contributed by atoms with Crippen molar-refractivity contribution in [3.8, 4) is 11.1 Å². The lowest BCUT2D eigenvalue weighted by molar-refractivity contribution is -0.114. The molecule has 35 heavy (non-hydrogen) atoms. The number of carbonyl (C=O) groups is 2. The summed E-state index contributed by atoms with van der Waals surface area (Å²) >= 11 is 0. The van der Waals surface area contributed by atoms with Gasteiger partial charge in [0.1, 0.15) is 6.54 Å². The van der Waals surface area contributed by atoms with E-state index in [1.54, 1.807) is 54.6 Å². The number of carbonyl (C=O) groups excluding carboxylic acids is 2. The first-order valence-corrected chi connectivity index (χ1v) is 12.9. The van der Waals surface area contributed by atoms with E-state index in [0.717, 1.165) is 21.9 Å². The molecule has 0 radical (unpaired) electrons. The molecule has 0 aliphatic carbocycles. The quantitative estimate of drug-likeness (QED) is 0.546. The molecule has 0 aromatic heterocycles. The maximum atomic E-state index is 13.5. The minimum absolute atomic E-state index is 0.165. The van der Waals surface area contributed by atoms with Gasteiger partial charge in [-0.3, -0.25) is 13.9 Å². The van der Waals surface area contributed by atoms with E-state index in [9.17, 15) is 18.0 Å². The molecule has 0 bridgehead atoms. The first kappa shape index (κ1) is 24.5. The van der Waals surface area contributed by atoms with Crippen LogP contribution in [0.1, 0.15) is 43.6 Å². The fourth-order valence-electron chi connectivity index (χ4n) is 4.09. The number of nitrogens with one attached hydrogen (secondary N) is 2. The molecule has 3 aromatic rings. The molecule has 4 rings (SSSR count). The highest BCUT2D eigenvalue weighted by atomic mass is 32.2. The lowest BCUT2D eigenvalue weighted by Crippen LogP contribution is -2.42. The number of amides is 2. The van der Waals surface area contributed by atoms with Crippen molar-refractivity contribution in [3.05, 3.63) is 77.9 Å². The Morgan fingerprint density at radius 2 is 1.60 bits per heavy atom. The van der Waals surface area contributed by atoms with Gasteiger partial charge >= 0.3 is 0 Å². The second-order valence-electron chi connectivity index (χ2n) is 9.51. The zero-order chi connectivity index (χ0) is 25.4. The number of nitrogens with zero attached hydrogens (tertiary/aromatic N) is 1. The van der Waals surface area contributed by atoms with E-state index in [0.29, 0.717) is 22.5 Å². The summed E-state index contributed by atoms with van der Waals surface area (Å²) < 4.78 is 28.2. The molecule has 7 nitrogen and oxygen atoms in total. The minimum atomic E-state index is -3.96. The van der Waals surface area contributed by atoms with Crippen molar-refractivity contribution < 1.29 is 18.0 Å². The van der Waals surface area contributed by atoms with Crippen molar-refractivity contribution in [1.29, 1.82) is 0 Å². The fraction of sp³-hybridized carbons (Fsp3) is 0.259. The van der Waals surface area contributed by atoms with Crippen molar-refractivity contribution in [3.63, 3.8) is 0 Å². The van der Waals surface area contributed by atoms with Crippen molar-refractivity contribution in [2.75, 3.05) is 16.2 Å². The smallest absolute Gasteiger partial charge is 0.265 e. The molecule has 8 heteroatoms. The summed E-state index contributed by atoms with van der Waals surface area (Å²) in [5, 5.41) is 5.62. The second-order valence-corrected chi connectivity index (χ2v) is 11.3. The van der Waals surface area contributed by atoms with Crippen LogP contribution in [0.2, 0.25) is 0 Å². The van der Waals surface area contributed by atoms with Crippen molar-refractivity contribution >= 4 is 33.2 Å². The molecule has 0 unspecified atom stereocenters. The SMILES string of the molecule is CCc1ccc2c(c1)-c1ccccc1S(=O)(=O)N2CC(=O)Nc1ccccc1C(=O)NC(C)(C)C. The summed E-state index contributed by atoms with van der Waals surface area (Å²) in [4.78, 5) is 26.0. The number of para-hydroxylation sites is 1. The van der Waals surface area contributed by atoms with Crippen molar-refractivity contribution in [1.82, 2.24) is 5.32 Å². The topological polar surface area (TPSA) is 95.6 Å². The summed E-state index contributed by atoms with van der Waals surface area (Å²) in [6.45, 7) is 7.21. The Bertz CT molecular complexity index is 1410. The summed E-state index contributed by atoms with van der Waals surface area (Å²) in [6.07, 6.45) is 0.802. The van der Waals surface area contributed by atoms with E-state index in [1.165, 1.54) is 0 Å². The Labute approximate surface area is 206 Å². The van der Waals surface area contributed by atoms with Crippen LogP contribution in [0, 0.1) is 0 Å². The molecule has 1 aliphatic heterocycles. The maximum absolute atomic E-state index is 13.5. The number of benzene rings is 3. The standard InChI is InChI=1S/C27H29N3O4S/c1-5-18-14-15-23-21(16-18)19-10-7-9-13-24(19)35(33,34)30(23)17-25(31)28-22-12-8-6-11-20(22)26(32)29-27(2,3)4/h6-16H,5,17H2,1-4H3,(H,28,31)(H,29,32). The molecular weight excluding hydrogens is 462 g/mol. The first-order valence-electron chi connectivity index (χ1n) is 11.5. The molecule has 1 aliphatic rings. The average Bonchev–Trinajstić information content (AvgIpc) is 2.81. The van der Waals surface area contributed by atoms with E-state index < -0.39 is 28.0 Å². The van der Waals surface area contributed by atoms with E-state index in [1.807, 2.05) is 39.8 Å². The highest BCUT2D eigenvalue weighted by Gasteiger charge is 2.36. The lowest BCUT2D eigenvalue weighted by atomic mass is 9.99. The van der Waals surface area contributed by atoms with Crippen LogP contribution < -0.4 is 14.9 Å². The first-order chi connectivity index (χ1) is 16.5. The highest BCUT2D eigenvalue weighted by Crippen LogP contribution is 2.43. The molecule has 2 amide bonds. The van der Waals surface area contributed by atoms with E-state index in [4.69, 9.17) is 0 Å². The van der Waals surface area contributed by atoms with Crippen LogP contribution in [0.3, 0.4) is 0 Å². The monoisotopic (exact) mass is 491 g/mol. The normalized spacial score (nSPS) is 14.0. The molecule has 3 aromatic carbocycles. The lowest BCUT2D eigenvalue weighted by Gasteiger charge is -2.32. The van der Waals surface area contributed by atoms with Crippen LogP contribution in [0.15, 0.2) is 71.6 Å². The number of aryl methyl sites for hydroxylation is 1. The minimum Gasteiger partial charge on any atom is -0.347 e. The predicted octanol–water partition coefficient (Wildman–Crippen LogP) is 4.59. The van der Waals surface area contributed by atoms with Crippen molar-refractivity contribution in [2.24, 2.45) is 0 Å². The molecule has 0 atom stereocenters. The van der Waals surface area contributed by atoms with Gasteiger partial charge in [0.25, 0.3) is 15.9 Å². The third-order valence-corrected chi connectivity index (χ3v) is 7.52. The van der Waals surface area contributed by atoms with E-state index in [-0.39, 0.29) is 10.8 Å². The van der Waals surface area contributed by atoms with Crippen LogP contribution in [0.4, 0.5) is 11.4 Å². The van der Waals surface area contributed by atoms with Gasteiger partial charge in [0.2, 0.25) is 5.91 Å². The van der Waals surface area contributed by atoms with E-state index >= 15 is 0 Å². The summed E-state index contributed by atoms with van der Waals surface area (Å²) in [7, 11) is -3.96. The number of rotatable bonds is 5. The van der Waals surface area contributed by atoms with Crippen LogP contribution in [0.25, 0.3) is 11.1 Å². The molecule has 0 saturated carbocycles. The third-order valence-electron chi connectivity index (χ3n) is 5.70. The zero-order valence-corrected chi connectivity index (χ0v) is 21.1. The molecule has 182 valence electrons. The van der Waals surface area contributed by atoms with E-state index in [2.05, 4.69) is 10.6 Å². The van der Waals surface area contributed by atoms with Crippen LogP contribution >= 0.6 is 0 Å². The van der Waals surface area contributed by atoms with Gasteiger partial charge in [-0.05, 0) is 63.1 Å². The number of hydrogen-bond acceptors (Lipinski definition) is 4. The largest absolute Gasteiger partial charge is 0.347 e. The van der Waals surface area contributed by atoms with Gasteiger partial charge in [0.05, 0.1) is 21.8 Å². The Morgan fingerprint density at radius 3 is 2.31 bits per heavy atom. The van der Waals surface area contributed by atoms with Gasteiger partial charge in [-0.15, -0.1) is 0 Å². The Kier molecular flexibility index (Phi) is 6.42.